The molecule has 0 aromatic rings. The van der Waals surface area contributed by atoms with Gasteiger partial charge in [0, 0.05) is 5.92 Å². The lowest BCUT2D eigenvalue weighted by molar-refractivity contribution is 0.0330. The van der Waals surface area contributed by atoms with Gasteiger partial charge in [0.25, 0.3) is 0 Å². The SMILES string of the molecule is CCC1C=CCC(C(F)F)[C@@H]1C. The van der Waals surface area contributed by atoms with Crippen molar-refractivity contribution in [1.82, 2.24) is 0 Å². The van der Waals surface area contributed by atoms with Crippen molar-refractivity contribution >= 4 is 0 Å². The van der Waals surface area contributed by atoms with E-state index in [4.69, 9.17) is 0 Å². The van der Waals surface area contributed by atoms with E-state index in [0.717, 1.165) is 6.42 Å². The van der Waals surface area contributed by atoms with Crippen molar-refractivity contribution in [1.29, 1.82) is 0 Å². The van der Waals surface area contributed by atoms with Crippen LogP contribution in [0.3, 0.4) is 0 Å². The number of allylic oxidation sites excluding steroid dienone is 2. The summed E-state index contributed by atoms with van der Waals surface area (Å²) in [6.07, 6.45) is 3.36. The van der Waals surface area contributed by atoms with Crippen LogP contribution >= 0.6 is 0 Å². The van der Waals surface area contributed by atoms with Crippen LogP contribution in [-0.4, -0.2) is 6.43 Å². The molecule has 0 fully saturated rings. The molecule has 1 rings (SSSR count). The molecular weight excluding hydrogens is 158 g/mol. The minimum absolute atomic E-state index is 0.139. The van der Waals surface area contributed by atoms with Crippen LogP contribution in [0.2, 0.25) is 0 Å². The number of alkyl halides is 2. The third-order valence-corrected chi connectivity index (χ3v) is 2.94. The van der Waals surface area contributed by atoms with Crippen molar-refractivity contribution in [3.8, 4) is 0 Å². The van der Waals surface area contributed by atoms with E-state index in [9.17, 15) is 8.78 Å². The molecule has 1 aliphatic rings. The highest BCUT2D eigenvalue weighted by molar-refractivity contribution is 4.99. The molecule has 70 valence electrons. The number of rotatable bonds is 2. The van der Waals surface area contributed by atoms with Crippen molar-refractivity contribution < 1.29 is 8.78 Å². The summed E-state index contributed by atoms with van der Waals surface area (Å²) in [6, 6.07) is 0. The predicted octanol–water partition coefficient (Wildman–Crippen LogP) is 3.49. The summed E-state index contributed by atoms with van der Waals surface area (Å²) in [6.45, 7) is 3.99. The number of hydrogen-bond donors (Lipinski definition) is 0. The first-order valence-corrected chi connectivity index (χ1v) is 4.61. The molecule has 3 atom stereocenters. The fraction of sp³-hybridized carbons (Fsp3) is 0.800. The molecule has 0 heterocycles. The Balaban J connectivity index is 2.63. The first kappa shape index (κ1) is 9.69. The van der Waals surface area contributed by atoms with Crippen molar-refractivity contribution in [2.24, 2.45) is 17.8 Å². The van der Waals surface area contributed by atoms with E-state index < -0.39 is 12.3 Å². The van der Waals surface area contributed by atoms with Crippen LogP contribution in [0.1, 0.15) is 26.7 Å². The van der Waals surface area contributed by atoms with Gasteiger partial charge in [-0.05, 0) is 24.7 Å². The van der Waals surface area contributed by atoms with Gasteiger partial charge in [-0.15, -0.1) is 0 Å². The normalized spacial score (nSPS) is 35.9. The van der Waals surface area contributed by atoms with Crippen molar-refractivity contribution in [3.05, 3.63) is 12.2 Å². The Morgan fingerprint density at radius 3 is 2.67 bits per heavy atom. The van der Waals surface area contributed by atoms with Crippen LogP contribution in [-0.2, 0) is 0 Å². The third kappa shape index (κ3) is 1.85. The van der Waals surface area contributed by atoms with Crippen LogP contribution in [0, 0.1) is 17.8 Å². The summed E-state index contributed by atoms with van der Waals surface area (Å²) in [5.41, 5.74) is 0. The van der Waals surface area contributed by atoms with E-state index in [2.05, 4.69) is 13.0 Å². The molecule has 0 aromatic carbocycles. The minimum atomic E-state index is -2.15. The molecule has 0 spiro atoms. The molecule has 0 bridgehead atoms. The summed E-state index contributed by atoms with van der Waals surface area (Å²) >= 11 is 0. The molecule has 0 aromatic heterocycles. The van der Waals surface area contributed by atoms with Gasteiger partial charge in [0.2, 0.25) is 6.43 Å². The average molecular weight is 174 g/mol. The quantitative estimate of drug-likeness (QED) is 0.562. The van der Waals surface area contributed by atoms with E-state index in [1.807, 2.05) is 13.0 Å². The molecule has 0 N–H and O–H groups in total. The summed E-state index contributed by atoms with van der Waals surface area (Å²) in [7, 11) is 0. The zero-order valence-electron chi connectivity index (χ0n) is 7.63. The summed E-state index contributed by atoms with van der Waals surface area (Å²) in [4.78, 5) is 0. The molecular formula is C10H16F2. The molecule has 0 amide bonds. The highest BCUT2D eigenvalue weighted by Gasteiger charge is 2.31. The van der Waals surface area contributed by atoms with Crippen LogP contribution in [0.5, 0.6) is 0 Å². The molecule has 0 nitrogen and oxygen atoms in total. The molecule has 0 radical (unpaired) electrons. The standard InChI is InChI=1S/C10H16F2/c1-3-8-5-4-6-9(7(8)2)10(11)12/h4-5,7-10H,3,6H2,1-2H3/t7-,8?,9?/m1/s1. The third-order valence-electron chi connectivity index (χ3n) is 2.94. The Hall–Kier alpha value is -0.400. The zero-order valence-corrected chi connectivity index (χ0v) is 7.63. The topological polar surface area (TPSA) is 0 Å². The molecule has 0 aliphatic heterocycles. The fourth-order valence-corrected chi connectivity index (χ4v) is 1.96. The highest BCUT2D eigenvalue weighted by Crippen LogP contribution is 2.35. The average Bonchev–Trinajstić information content (AvgIpc) is 2.04. The van der Waals surface area contributed by atoms with Gasteiger partial charge in [-0.25, -0.2) is 8.78 Å². The summed E-state index contributed by atoms with van der Waals surface area (Å²) in [5, 5.41) is 0. The van der Waals surface area contributed by atoms with Gasteiger partial charge < -0.3 is 0 Å². The van der Waals surface area contributed by atoms with Crippen molar-refractivity contribution in [2.75, 3.05) is 0 Å². The lowest BCUT2D eigenvalue weighted by atomic mass is 9.76. The van der Waals surface area contributed by atoms with Gasteiger partial charge in [-0.3, -0.25) is 0 Å². The Morgan fingerprint density at radius 1 is 1.50 bits per heavy atom. The van der Waals surface area contributed by atoms with E-state index >= 15 is 0 Å². The van der Waals surface area contributed by atoms with Gasteiger partial charge >= 0.3 is 0 Å². The Labute approximate surface area is 72.7 Å². The summed E-state index contributed by atoms with van der Waals surface area (Å²) < 4.78 is 24.9. The Kier molecular flexibility index (Phi) is 3.24. The second kappa shape index (κ2) is 4.01. The van der Waals surface area contributed by atoms with Crippen molar-refractivity contribution in [3.63, 3.8) is 0 Å². The molecule has 2 unspecified atom stereocenters. The van der Waals surface area contributed by atoms with E-state index in [0.29, 0.717) is 12.3 Å². The van der Waals surface area contributed by atoms with Crippen LogP contribution in [0.4, 0.5) is 8.78 Å². The molecule has 1 aliphatic carbocycles. The fourth-order valence-electron chi connectivity index (χ4n) is 1.96. The largest absolute Gasteiger partial charge is 0.242 e. The van der Waals surface area contributed by atoms with Gasteiger partial charge in [0.1, 0.15) is 0 Å². The van der Waals surface area contributed by atoms with Crippen molar-refractivity contribution in [2.45, 2.75) is 33.1 Å². The van der Waals surface area contributed by atoms with Crippen LogP contribution in [0.15, 0.2) is 12.2 Å². The maximum absolute atomic E-state index is 12.4. The minimum Gasteiger partial charge on any atom is -0.210 e. The molecule has 12 heavy (non-hydrogen) atoms. The van der Waals surface area contributed by atoms with E-state index in [1.165, 1.54) is 0 Å². The maximum Gasteiger partial charge on any atom is 0.242 e. The second-order valence-electron chi connectivity index (χ2n) is 3.59. The highest BCUT2D eigenvalue weighted by atomic mass is 19.3. The zero-order chi connectivity index (χ0) is 9.14. The number of halogens is 2. The van der Waals surface area contributed by atoms with Crippen LogP contribution < -0.4 is 0 Å². The first-order valence-electron chi connectivity index (χ1n) is 4.61. The maximum atomic E-state index is 12.4. The molecule has 2 heteroatoms. The van der Waals surface area contributed by atoms with E-state index in [-0.39, 0.29) is 5.92 Å². The van der Waals surface area contributed by atoms with Gasteiger partial charge in [-0.1, -0.05) is 26.0 Å². The first-order chi connectivity index (χ1) is 5.66. The predicted molar refractivity (Wildman–Crippen MR) is 46.2 cm³/mol. The smallest absolute Gasteiger partial charge is 0.210 e. The lowest BCUT2D eigenvalue weighted by Crippen LogP contribution is -2.27. The van der Waals surface area contributed by atoms with Gasteiger partial charge in [0.05, 0.1) is 0 Å². The Bertz CT molecular complexity index is 163. The monoisotopic (exact) mass is 174 g/mol. The Morgan fingerprint density at radius 2 is 2.17 bits per heavy atom. The number of hydrogen-bond acceptors (Lipinski definition) is 0. The van der Waals surface area contributed by atoms with Crippen LogP contribution in [0.25, 0.3) is 0 Å². The van der Waals surface area contributed by atoms with Gasteiger partial charge in [-0.2, -0.15) is 0 Å². The summed E-state index contributed by atoms with van der Waals surface area (Å²) in [5.74, 6) is 0.0812. The molecule has 0 saturated heterocycles. The molecule has 0 saturated carbocycles. The van der Waals surface area contributed by atoms with E-state index in [1.54, 1.807) is 0 Å². The second-order valence-corrected chi connectivity index (χ2v) is 3.59. The van der Waals surface area contributed by atoms with Gasteiger partial charge in [0.15, 0.2) is 0 Å². The lowest BCUT2D eigenvalue weighted by Gasteiger charge is -2.31.